The van der Waals surface area contributed by atoms with Gasteiger partial charge in [0.1, 0.15) is 5.78 Å². The van der Waals surface area contributed by atoms with Gasteiger partial charge in [-0.05, 0) is 24.5 Å². The zero-order chi connectivity index (χ0) is 14.5. The minimum absolute atomic E-state index is 0.147. The Hall–Kier alpha value is -1.42. The van der Waals surface area contributed by atoms with Crippen LogP contribution in [0.15, 0.2) is 24.3 Å². The number of hydrogen-bond acceptors (Lipinski definition) is 3. The van der Waals surface area contributed by atoms with Crippen molar-refractivity contribution in [2.24, 2.45) is 5.92 Å². The van der Waals surface area contributed by atoms with E-state index in [1.54, 1.807) is 18.2 Å². The molecule has 5 heteroatoms. The molecular weight excluding hydrogens is 278 g/mol. The summed E-state index contributed by atoms with van der Waals surface area (Å²) < 4.78 is 0. The summed E-state index contributed by atoms with van der Waals surface area (Å²) in [4.78, 5) is 22.9. The van der Waals surface area contributed by atoms with Crippen LogP contribution in [-0.2, 0) is 4.79 Å². The van der Waals surface area contributed by atoms with Gasteiger partial charge in [-0.1, -0.05) is 42.6 Å². The van der Waals surface area contributed by atoms with Crippen LogP contribution in [0.4, 0.5) is 0 Å². The van der Waals surface area contributed by atoms with E-state index in [0.717, 1.165) is 31.2 Å². The molecule has 0 unspecified atom stereocenters. The van der Waals surface area contributed by atoms with E-state index in [-0.39, 0.29) is 23.2 Å². The second kappa shape index (κ2) is 6.84. The first-order chi connectivity index (χ1) is 9.59. The molecule has 0 radical (unpaired) electrons. The van der Waals surface area contributed by atoms with Gasteiger partial charge in [-0.25, -0.2) is 0 Å². The number of ketones is 1. The van der Waals surface area contributed by atoms with Crippen molar-refractivity contribution in [3.63, 3.8) is 0 Å². The van der Waals surface area contributed by atoms with Gasteiger partial charge in [0, 0.05) is 22.3 Å². The lowest BCUT2D eigenvalue weighted by Crippen LogP contribution is -2.27. The standard InChI is InChI=1S/C15H18ClNO3/c16-14-8-5-4-6-11(14)13(10-17(19)20)12-7-2-1-3-9-15(12)18/h4-6,8,12-13H,1-3,7,9-10H2/t12-,13-/m0/s1. The maximum Gasteiger partial charge on any atom is 0.211 e. The Morgan fingerprint density at radius 3 is 2.75 bits per heavy atom. The molecule has 0 heterocycles. The Labute approximate surface area is 123 Å². The van der Waals surface area contributed by atoms with Crippen LogP contribution in [0.1, 0.15) is 43.6 Å². The van der Waals surface area contributed by atoms with Gasteiger partial charge in [-0.2, -0.15) is 0 Å². The van der Waals surface area contributed by atoms with Crippen LogP contribution >= 0.6 is 11.6 Å². The molecule has 0 bridgehead atoms. The van der Waals surface area contributed by atoms with Crippen LogP contribution in [0.5, 0.6) is 0 Å². The molecule has 2 rings (SSSR count). The lowest BCUT2D eigenvalue weighted by molar-refractivity contribution is -0.484. The fraction of sp³-hybridized carbons (Fsp3) is 0.533. The fourth-order valence-electron chi connectivity index (χ4n) is 2.99. The largest absolute Gasteiger partial charge is 0.299 e. The van der Waals surface area contributed by atoms with Crippen molar-refractivity contribution in [3.05, 3.63) is 45.0 Å². The number of nitro groups is 1. The molecule has 108 valence electrons. The Bertz CT molecular complexity index is 504. The topological polar surface area (TPSA) is 60.2 Å². The van der Waals surface area contributed by atoms with E-state index in [2.05, 4.69) is 0 Å². The molecule has 0 spiro atoms. The maximum atomic E-state index is 12.3. The predicted octanol–water partition coefficient (Wildman–Crippen LogP) is 3.85. The van der Waals surface area contributed by atoms with Crippen molar-refractivity contribution in [3.8, 4) is 0 Å². The molecule has 1 aliphatic rings. The van der Waals surface area contributed by atoms with Crippen LogP contribution in [0.2, 0.25) is 5.02 Å². The Kier molecular flexibility index (Phi) is 5.12. The average molecular weight is 296 g/mol. The molecule has 0 saturated heterocycles. The normalized spacial score (nSPS) is 21.2. The average Bonchev–Trinajstić information content (AvgIpc) is 2.61. The molecule has 1 aliphatic carbocycles. The van der Waals surface area contributed by atoms with Gasteiger partial charge in [-0.3, -0.25) is 14.9 Å². The molecule has 0 aliphatic heterocycles. The number of carbonyl (C=O) groups excluding carboxylic acids is 1. The van der Waals surface area contributed by atoms with Crippen molar-refractivity contribution in [1.82, 2.24) is 0 Å². The van der Waals surface area contributed by atoms with E-state index in [1.165, 1.54) is 0 Å². The summed E-state index contributed by atoms with van der Waals surface area (Å²) in [6, 6.07) is 7.14. The Balaban J connectivity index is 2.33. The Morgan fingerprint density at radius 2 is 2.05 bits per heavy atom. The van der Waals surface area contributed by atoms with Gasteiger partial charge in [0.25, 0.3) is 0 Å². The van der Waals surface area contributed by atoms with Crippen molar-refractivity contribution >= 4 is 17.4 Å². The first kappa shape index (κ1) is 15.0. The van der Waals surface area contributed by atoms with E-state index in [9.17, 15) is 14.9 Å². The quantitative estimate of drug-likeness (QED) is 0.481. The molecule has 1 saturated carbocycles. The molecule has 1 aromatic carbocycles. The molecule has 4 nitrogen and oxygen atoms in total. The zero-order valence-corrected chi connectivity index (χ0v) is 12.0. The number of halogens is 1. The molecular formula is C15H18ClNO3. The zero-order valence-electron chi connectivity index (χ0n) is 11.3. The number of Topliss-reactive ketones (excluding diaryl/α,β-unsaturated/α-hetero) is 1. The van der Waals surface area contributed by atoms with Gasteiger partial charge in [0.15, 0.2) is 0 Å². The van der Waals surface area contributed by atoms with Gasteiger partial charge in [0.05, 0.1) is 5.92 Å². The van der Waals surface area contributed by atoms with Crippen molar-refractivity contribution in [1.29, 1.82) is 0 Å². The SMILES string of the molecule is O=C1CCCCC[C@H]1[C@@H](C[N+](=O)[O-])c1ccccc1Cl. The van der Waals surface area contributed by atoms with Gasteiger partial charge >= 0.3 is 0 Å². The lowest BCUT2D eigenvalue weighted by atomic mass is 9.80. The first-order valence-electron chi connectivity index (χ1n) is 6.98. The second-order valence-corrected chi connectivity index (χ2v) is 5.72. The third kappa shape index (κ3) is 3.57. The van der Waals surface area contributed by atoms with Crippen molar-refractivity contribution < 1.29 is 9.72 Å². The fourth-order valence-corrected chi connectivity index (χ4v) is 3.27. The summed E-state index contributed by atoms with van der Waals surface area (Å²) in [5.41, 5.74) is 0.728. The minimum atomic E-state index is -0.413. The molecule has 2 atom stereocenters. The summed E-state index contributed by atoms with van der Waals surface area (Å²) in [5.74, 6) is -0.540. The highest BCUT2D eigenvalue weighted by molar-refractivity contribution is 6.31. The van der Waals surface area contributed by atoms with Crippen LogP contribution < -0.4 is 0 Å². The molecule has 0 amide bonds. The second-order valence-electron chi connectivity index (χ2n) is 5.32. The van der Waals surface area contributed by atoms with Crippen LogP contribution in [0, 0.1) is 16.0 Å². The van der Waals surface area contributed by atoms with E-state index < -0.39 is 5.92 Å². The number of carbonyl (C=O) groups is 1. The summed E-state index contributed by atoms with van der Waals surface area (Å²) in [6.07, 6.45) is 4.12. The number of rotatable bonds is 4. The maximum absolute atomic E-state index is 12.3. The van der Waals surface area contributed by atoms with Crippen LogP contribution in [-0.4, -0.2) is 17.3 Å². The molecule has 0 aromatic heterocycles. The highest BCUT2D eigenvalue weighted by Gasteiger charge is 2.34. The highest BCUT2D eigenvalue weighted by atomic mass is 35.5. The molecule has 20 heavy (non-hydrogen) atoms. The summed E-state index contributed by atoms with van der Waals surface area (Å²) >= 11 is 6.18. The van der Waals surface area contributed by atoms with Crippen LogP contribution in [0.3, 0.4) is 0 Å². The summed E-state index contributed by atoms with van der Waals surface area (Å²) in [7, 11) is 0. The minimum Gasteiger partial charge on any atom is -0.299 e. The van der Waals surface area contributed by atoms with Crippen LogP contribution in [0.25, 0.3) is 0 Å². The van der Waals surface area contributed by atoms with Gasteiger partial charge in [0.2, 0.25) is 6.54 Å². The summed E-state index contributed by atoms with van der Waals surface area (Å²) in [6.45, 7) is -0.236. The van der Waals surface area contributed by atoms with E-state index >= 15 is 0 Å². The third-order valence-electron chi connectivity index (χ3n) is 3.99. The molecule has 1 aromatic rings. The number of hydrogen-bond donors (Lipinski definition) is 0. The first-order valence-corrected chi connectivity index (χ1v) is 7.36. The predicted molar refractivity (Wildman–Crippen MR) is 77.6 cm³/mol. The van der Waals surface area contributed by atoms with Crippen molar-refractivity contribution in [2.75, 3.05) is 6.54 Å². The molecule has 0 N–H and O–H groups in total. The number of nitrogens with zero attached hydrogens (tertiary/aromatic N) is 1. The number of benzene rings is 1. The smallest absolute Gasteiger partial charge is 0.211 e. The van der Waals surface area contributed by atoms with E-state index in [4.69, 9.17) is 11.6 Å². The highest BCUT2D eigenvalue weighted by Crippen LogP contribution is 2.36. The molecule has 1 fully saturated rings. The summed E-state index contributed by atoms with van der Waals surface area (Å²) in [5, 5.41) is 11.5. The monoisotopic (exact) mass is 295 g/mol. The van der Waals surface area contributed by atoms with Gasteiger partial charge < -0.3 is 0 Å². The van der Waals surface area contributed by atoms with Gasteiger partial charge in [-0.15, -0.1) is 0 Å². The van der Waals surface area contributed by atoms with E-state index in [0.29, 0.717) is 11.4 Å². The Morgan fingerprint density at radius 1 is 1.30 bits per heavy atom. The third-order valence-corrected chi connectivity index (χ3v) is 4.33. The van der Waals surface area contributed by atoms with Crippen molar-refractivity contribution in [2.45, 2.75) is 38.0 Å². The van der Waals surface area contributed by atoms with E-state index in [1.807, 2.05) is 6.07 Å². The lowest BCUT2D eigenvalue weighted by Gasteiger charge is -2.23.